The van der Waals surface area contributed by atoms with Gasteiger partial charge in [0.1, 0.15) is 4.83 Å². The molecule has 1 amide bonds. The monoisotopic (exact) mass is 435 g/mol. The van der Waals surface area contributed by atoms with Crippen molar-refractivity contribution in [2.24, 2.45) is 5.92 Å². The van der Waals surface area contributed by atoms with Crippen LogP contribution >= 0.6 is 11.3 Å². The summed E-state index contributed by atoms with van der Waals surface area (Å²) < 4.78 is 40.5. The van der Waals surface area contributed by atoms with Crippen LogP contribution < -0.4 is 5.56 Å². The molecule has 0 fully saturated rings. The molecule has 2 aromatic heterocycles. The maximum absolute atomic E-state index is 13.0. The van der Waals surface area contributed by atoms with E-state index in [2.05, 4.69) is 4.98 Å². The molecule has 0 saturated carbocycles. The van der Waals surface area contributed by atoms with Gasteiger partial charge in [-0.05, 0) is 36.1 Å². The quantitative estimate of drug-likeness (QED) is 0.615. The fourth-order valence-electron chi connectivity index (χ4n) is 3.73. The van der Waals surface area contributed by atoms with Gasteiger partial charge in [0.05, 0.1) is 23.8 Å². The van der Waals surface area contributed by atoms with Crippen LogP contribution in [0, 0.1) is 5.92 Å². The molecule has 9 heteroatoms. The molecule has 5 nitrogen and oxygen atoms in total. The number of nitrogens with zero attached hydrogens (tertiary/aromatic N) is 3. The number of fused-ring (bicyclic) bond motifs is 3. The number of aromatic nitrogens is 2. The minimum atomic E-state index is -4.50. The van der Waals surface area contributed by atoms with Crippen LogP contribution in [0.3, 0.4) is 0 Å². The highest BCUT2D eigenvalue weighted by molar-refractivity contribution is 7.18. The Balaban J connectivity index is 1.64. The lowest BCUT2D eigenvalue weighted by molar-refractivity contribution is -0.137. The van der Waals surface area contributed by atoms with Gasteiger partial charge in [-0.2, -0.15) is 13.2 Å². The van der Waals surface area contributed by atoms with Gasteiger partial charge in [0.2, 0.25) is 0 Å². The Morgan fingerprint density at radius 1 is 1.30 bits per heavy atom. The maximum Gasteiger partial charge on any atom is 0.416 e. The van der Waals surface area contributed by atoms with Crippen molar-refractivity contribution in [2.75, 3.05) is 6.54 Å². The largest absolute Gasteiger partial charge is 0.416 e. The molecule has 0 N–H and O–H groups in total. The Hall–Kier alpha value is -2.68. The summed E-state index contributed by atoms with van der Waals surface area (Å²) in [5.74, 6) is -0.147. The van der Waals surface area contributed by atoms with Crippen molar-refractivity contribution in [3.8, 4) is 0 Å². The van der Waals surface area contributed by atoms with Gasteiger partial charge in [-0.15, -0.1) is 11.3 Å². The summed E-state index contributed by atoms with van der Waals surface area (Å²) in [5.41, 5.74) is -0.0165. The zero-order valence-electron chi connectivity index (χ0n) is 16.5. The normalized spacial score (nSPS) is 14.4. The summed E-state index contributed by atoms with van der Waals surface area (Å²) in [6, 6.07) is 4.47. The SMILES string of the molecule is CC(C)Cn1cnc2sc3c(c2c1=O)CCN(C(=O)c1cccc(C(F)(F)F)c1)C3. The Morgan fingerprint density at radius 2 is 2.07 bits per heavy atom. The van der Waals surface area contributed by atoms with E-state index in [0.29, 0.717) is 35.6 Å². The number of thiophene rings is 1. The van der Waals surface area contributed by atoms with Gasteiger partial charge >= 0.3 is 6.18 Å². The van der Waals surface area contributed by atoms with Crippen molar-refractivity contribution in [3.63, 3.8) is 0 Å². The molecule has 30 heavy (non-hydrogen) atoms. The Labute approximate surface area is 174 Å². The number of halogens is 3. The van der Waals surface area contributed by atoms with Gasteiger partial charge in [-0.1, -0.05) is 19.9 Å². The number of hydrogen-bond acceptors (Lipinski definition) is 4. The standard InChI is InChI=1S/C21H20F3N3O2S/c1-12(2)9-27-11-25-18-17(20(27)29)15-6-7-26(10-16(15)30-18)19(28)13-4-3-5-14(8-13)21(22,23)24/h3-5,8,11-12H,6-7,9-10H2,1-2H3. The summed E-state index contributed by atoms with van der Waals surface area (Å²) in [5, 5.41) is 0.601. The van der Waals surface area contributed by atoms with E-state index < -0.39 is 17.6 Å². The topological polar surface area (TPSA) is 55.2 Å². The first-order valence-corrected chi connectivity index (χ1v) is 10.4. The lowest BCUT2D eigenvalue weighted by Gasteiger charge is -2.27. The second kappa shape index (κ2) is 7.54. The number of benzene rings is 1. The van der Waals surface area contributed by atoms with Crippen LogP contribution in [-0.2, 0) is 25.7 Å². The summed E-state index contributed by atoms with van der Waals surface area (Å²) in [6.45, 7) is 5.22. The molecule has 3 aromatic rings. The molecule has 3 heterocycles. The van der Waals surface area contributed by atoms with E-state index in [1.165, 1.54) is 28.4 Å². The van der Waals surface area contributed by atoms with Crippen molar-refractivity contribution in [1.29, 1.82) is 0 Å². The third-order valence-electron chi connectivity index (χ3n) is 5.11. The Kier molecular flexibility index (Phi) is 5.17. The molecule has 0 spiro atoms. The molecule has 1 aliphatic rings. The van der Waals surface area contributed by atoms with Crippen molar-refractivity contribution in [2.45, 2.75) is 39.5 Å². The molecule has 0 radical (unpaired) electrons. The zero-order chi connectivity index (χ0) is 21.6. The molecule has 0 atom stereocenters. The van der Waals surface area contributed by atoms with Crippen LogP contribution in [0.2, 0.25) is 0 Å². The van der Waals surface area contributed by atoms with E-state index in [1.807, 2.05) is 13.8 Å². The van der Waals surface area contributed by atoms with Crippen LogP contribution in [0.4, 0.5) is 13.2 Å². The van der Waals surface area contributed by atoms with E-state index >= 15 is 0 Å². The predicted molar refractivity (Wildman–Crippen MR) is 109 cm³/mol. The molecule has 4 rings (SSSR count). The van der Waals surface area contributed by atoms with Crippen LogP contribution in [-0.4, -0.2) is 26.9 Å². The number of carbonyl (C=O) groups excluding carboxylic acids is 1. The number of carbonyl (C=O) groups is 1. The molecule has 1 aliphatic heterocycles. The smallest absolute Gasteiger partial charge is 0.333 e. The summed E-state index contributed by atoms with van der Waals surface area (Å²) >= 11 is 1.37. The highest BCUT2D eigenvalue weighted by Crippen LogP contribution is 2.34. The Morgan fingerprint density at radius 3 is 2.77 bits per heavy atom. The van der Waals surface area contributed by atoms with Gasteiger partial charge in [0.25, 0.3) is 11.5 Å². The van der Waals surface area contributed by atoms with E-state index in [1.54, 1.807) is 10.9 Å². The van der Waals surface area contributed by atoms with Crippen LogP contribution in [0.15, 0.2) is 35.4 Å². The van der Waals surface area contributed by atoms with E-state index in [0.717, 1.165) is 22.6 Å². The average Bonchev–Trinajstić information content (AvgIpc) is 3.07. The van der Waals surface area contributed by atoms with Gasteiger partial charge in [0, 0.05) is 23.5 Å². The molecule has 0 aliphatic carbocycles. The summed E-state index contributed by atoms with van der Waals surface area (Å²) in [7, 11) is 0. The van der Waals surface area contributed by atoms with E-state index in [4.69, 9.17) is 0 Å². The second-order valence-electron chi connectivity index (χ2n) is 7.84. The molecular weight excluding hydrogens is 415 g/mol. The zero-order valence-corrected chi connectivity index (χ0v) is 17.3. The summed E-state index contributed by atoms with van der Waals surface area (Å²) in [6.07, 6.45) is -2.47. The molecule has 1 aromatic carbocycles. The van der Waals surface area contributed by atoms with Gasteiger partial charge < -0.3 is 4.90 Å². The highest BCUT2D eigenvalue weighted by atomic mass is 32.1. The molecular formula is C21H20F3N3O2S. The fraction of sp³-hybridized carbons (Fsp3) is 0.381. The van der Waals surface area contributed by atoms with E-state index in [9.17, 15) is 22.8 Å². The number of rotatable bonds is 3. The van der Waals surface area contributed by atoms with Crippen molar-refractivity contribution < 1.29 is 18.0 Å². The number of alkyl halides is 3. The van der Waals surface area contributed by atoms with Gasteiger partial charge in [-0.3, -0.25) is 14.2 Å². The minimum Gasteiger partial charge on any atom is -0.333 e. The first kappa shape index (κ1) is 20.6. The number of hydrogen-bond donors (Lipinski definition) is 0. The molecule has 158 valence electrons. The lowest BCUT2D eigenvalue weighted by Crippen LogP contribution is -2.35. The van der Waals surface area contributed by atoms with Crippen LogP contribution in [0.25, 0.3) is 10.2 Å². The van der Waals surface area contributed by atoms with Crippen LogP contribution in [0.5, 0.6) is 0 Å². The lowest BCUT2D eigenvalue weighted by atomic mass is 10.0. The first-order chi connectivity index (χ1) is 14.1. The van der Waals surface area contributed by atoms with E-state index in [-0.39, 0.29) is 17.7 Å². The third kappa shape index (κ3) is 3.74. The minimum absolute atomic E-state index is 0.00630. The average molecular weight is 435 g/mol. The predicted octanol–water partition coefficient (Wildman–Crippen LogP) is 4.33. The van der Waals surface area contributed by atoms with Crippen LogP contribution in [0.1, 0.15) is 40.2 Å². The van der Waals surface area contributed by atoms with Gasteiger partial charge in [-0.25, -0.2) is 4.98 Å². The summed E-state index contributed by atoms with van der Waals surface area (Å²) in [4.78, 5) is 33.2. The number of amides is 1. The van der Waals surface area contributed by atoms with Crippen molar-refractivity contribution >= 4 is 27.5 Å². The fourth-order valence-corrected chi connectivity index (χ4v) is 4.92. The second-order valence-corrected chi connectivity index (χ2v) is 8.92. The van der Waals surface area contributed by atoms with Gasteiger partial charge in [0.15, 0.2) is 0 Å². The molecule has 0 bridgehead atoms. The first-order valence-electron chi connectivity index (χ1n) is 9.61. The maximum atomic E-state index is 13.0. The Bertz CT molecular complexity index is 1180. The highest BCUT2D eigenvalue weighted by Gasteiger charge is 2.32. The van der Waals surface area contributed by atoms with Crippen molar-refractivity contribution in [3.05, 3.63) is 62.5 Å². The third-order valence-corrected chi connectivity index (χ3v) is 6.24. The molecule has 0 saturated heterocycles. The molecule has 0 unspecified atom stereocenters. The van der Waals surface area contributed by atoms with Crippen molar-refractivity contribution in [1.82, 2.24) is 14.5 Å².